The molecule has 4 rings (SSSR count). The van der Waals surface area contributed by atoms with Gasteiger partial charge in [0.2, 0.25) is 5.91 Å². The number of ether oxygens (including phenoxy) is 1. The van der Waals surface area contributed by atoms with E-state index in [-0.39, 0.29) is 24.3 Å². The van der Waals surface area contributed by atoms with Gasteiger partial charge in [0.15, 0.2) is 5.78 Å². The summed E-state index contributed by atoms with van der Waals surface area (Å²) >= 11 is 6.15. The quantitative estimate of drug-likeness (QED) is 0.508. The molecule has 0 radical (unpaired) electrons. The van der Waals surface area contributed by atoms with E-state index < -0.39 is 17.2 Å². The SMILES string of the molecule is COc1cc(Cl)c(C)cc1NC(=O)Cn1c(=O)n(CC(=O)CC2CCCC2)c(=O)c2ccccc21. The highest BCUT2D eigenvalue weighted by Gasteiger charge is 2.22. The van der Waals surface area contributed by atoms with Crippen molar-refractivity contribution in [3.8, 4) is 5.75 Å². The molecule has 0 bridgehead atoms. The predicted octanol–water partition coefficient (Wildman–Crippen LogP) is 3.92. The Balaban J connectivity index is 1.66. The molecule has 9 heteroatoms. The van der Waals surface area contributed by atoms with Crippen molar-refractivity contribution in [2.45, 2.75) is 52.1 Å². The summed E-state index contributed by atoms with van der Waals surface area (Å²) < 4.78 is 7.48. The average molecular weight is 498 g/mol. The van der Waals surface area contributed by atoms with Crippen LogP contribution in [-0.4, -0.2) is 27.9 Å². The van der Waals surface area contributed by atoms with Gasteiger partial charge in [0.25, 0.3) is 5.56 Å². The van der Waals surface area contributed by atoms with Gasteiger partial charge in [0.05, 0.1) is 30.2 Å². The van der Waals surface area contributed by atoms with Crippen LogP contribution in [0.25, 0.3) is 10.9 Å². The number of halogens is 1. The van der Waals surface area contributed by atoms with Crippen molar-refractivity contribution >= 4 is 39.9 Å². The number of para-hydroxylation sites is 1. The normalized spacial score (nSPS) is 13.8. The molecule has 0 unspecified atom stereocenters. The Labute approximate surface area is 207 Å². The number of nitrogens with zero attached hydrogens (tertiary/aromatic N) is 2. The molecule has 1 aliphatic rings. The molecular weight excluding hydrogens is 470 g/mol. The number of amides is 1. The lowest BCUT2D eigenvalue weighted by atomic mass is 10.0. The largest absolute Gasteiger partial charge is 0.495 e. The minimum absolute atomic E-state index is 0.149. The first kappa shape index (κ1) is 24.7. The van der Waals surface area contributed by atoms with Gasteiger partial charge in [-0.25, -0.2) is 4.79 Å². The van der Waals surface area contributed by atoms with Crippen LogP contribution < -0.4 is 21.3 Å². The van der Waals surface area contributed by atoms with Crippen molar-refractivity contribution in [3.63, 3.8) is 0 Å². The van der Waals surface area contributed by atoms with Crippen LogP contribution in [0.5, 0.6) is 5.75 Å². The molecule has 1 aromatic heterocycles. The van der Waals surface area contributed by atoms with Gasteiger partial charge in [-0.05, 0) is 36.6 Å². The molecule has 1 aliphatic carbocycles. The number of anilines is 1. The molecule has 0 atom stereocenters. The summed E-state index contributed by atoms with van der Waals surface area (Å²) in [5.41, 5.74) is 0.271. The van der Waals surface area contributed by atoms with Gasteiger partial charge in [-0.1, -0.05) is 49.4 Å². The van der Waals surface area contributed by atoms with Crippen LogP contribution in [0.15, 0.2) is 46.0 Å². The summed E-state index contributed by atoms with van der Waals surface area (Å²) in [6, 6.07) is 9.87. The molecule has 1 fully saturated rings. The van der Waals surface area contributed by atoms with E-state index >= 15 is 0 Å². The maximum absolute atomic E-state index is 13.3. The van der Waals surface area contributed by atoms with Gasteiger partial charge in [-0.15, -0.1) is 0 Å². The van der Waals surface area contributed by atoms with Crippen molar-refractivity contribution in [1.82, 2.24) is 9.13 Å². The predicted molar refractivity (Wildman–Crippen MR) is 135 cm³/mol. The van der Waals surface area contributed by atoms with Gasteiger partial charge in [0.1, 0.15) is 12.3 Å². The zero-order valence-corrected chi connectivity index (χ0v) is 20.6. The Morgan fingerprint density at radius 3 is 2.51 bits per heavy atom. The number of hydrogen-bond donors (Lipinski definition) is 1. The Hall–Kier alpha value is -3.39. The van der Waals surface area contributed by atoms with Gasteiger partial charge in [0, 0.05) is 17.5 Å². The highest BCUT2D eigenvalue weighted by atomic mass is 35.5. The first-order valence-corrected chi connectivity index (χ1v) is 12.0. The summed E-state index contributed by atoms with van der Waals surface area (Å²) in [7, 11) is 1.47. The van der Waals surface area contributed by atoms with Gasteiger partial charge in [-0.2, -0.15) is 0 Å². The minimum atomic E-state index is -0.692. The third kappa shape index (κ3) is 5.32. The summed E-state index contributed by atoms with van der Waals surface area (Å²) in [5, 5.41) is 3.52. The molecule has 0 spiro atoms. The van der Waals surface area contributed by atoms with Crippen LogP contribution in [0.1, 0.15) is 37.7 Å². The van der Waals surface area contributed by atoms with Crippen LogP contribution in [0.2, 0.25) is 5.02 Å². The molecule has 1 heterocycles. The van der Waals surface area contributed by atoms with Crippen molar-refractivity contribution < 1.29 is 14.3 Å². The van der Waals surface area contributed by atoms with E-state index in [9.17, 15) is 19.2 Å². The fourth-order valence-corrected chi connectivity index (χ4v) is 4.86. The zero-order chi connectivity index (χ0) is 25.1. The van der Waals surface area contributed by atoms with Gasteiger partial charge < -0.3 is 10.1 Å². The van der Waals surface area contributed by atoms with E-state index in [1.807, 2.05) is 0 Å². The second-order valence-electron chi connectivity index (χ2n) is 9.02. The summed E-state index contributed by atoms with van der Waals surface area (Å²) in [5.74, 6) is 0.0571. The minimum Gasteiger partial charge on any atom is -0.495 e. The maximum atomic E-state index is 13.3. The number of aryl methyl sites for hydroxylation is 1. The molecule has 3 aromatic rings. The summed E-state index contributed by atoms with van der Waals surface area (Å²) in [6.45, 7) is 1.15. The molecule has 184 valence electrons. The van der Waals surface area contributed by atoms with Crippen LogP contribution >= 0.6 is 11.6 Å². The van der Waals surface area contributed by atoms with Crippen molar-refractivity contribution in [2.75, 3.05) is 12.4 Å². The van der Waals surface area contributed by atoms with Crippen LogP contribution in [-0.2, 0) is 22.7 Å². The van der Waals surface area contributed by atoms with E-state index in [1.54, 1.807) is 43.3 Å². The number of hydrogen-bond acceptors (Lipinski definition) is 5. The smallest absolute Gasteiger partial charge is 0.332 e. The number of nitrogens with one attached hydrogen (secondary N) is 1. The lowest BCUT2D eigenvalue weighted by Crippen LogP contribution is -2.43. The molecule has 35 heavy (non-hydrogen) atoms. The van der Waals surface area contributed by atoms with Crippen molar-refractivity contribution in [2.24, 2.45) is 5.92 Å². The monoisotopic (exact) mass is 497 g/mol. The van der Waals surface area contributed by atoms with E-state index in [1.165, 1.54) is 11.7 Å². The molecular formula is C26H28ClN3O5. The number of rotatable bonds is 8. The number of aromatic nitrogens is 2. The van der Waals surface area contributed by atoms with E-state index in [0.29, 0.717) is 34.3 Å². The lowest BCUT2D eigenvalue weighted by molar-refractivity contribution is -0.120. The highest BCUT2D eigenvalue weighted by molar-refractivity contribution is 6.31. The number of carbonyl (C=O) groups is 2. The molecule has 1 amide bonds. The zero-order valence-electron chi connectivity index (χ0n) is 19.8. The highest BCUT2D eigenvalue weighted by Crippen LogP contribution is 2.31. The number of benzene rings is 2. The fraction of sp³-hybridized carbons (Fsp3) is 0.385. The number of Topliss-reactive ketones (excluding diaryl/α,β-unsaturated/α-hetero) is 1. The number of carbonyl (C=O) groups excluding carboxylic acids is 2. The van der Waals surface area contributed by atoms with Crippen LogP contribution in [0.4, 0.5) is 5.69 Å². The Morgan fingerprint density at radius 1 is 1.09 bits per heavy atom. The second kappa shape index (κ2) is 10.5. The van der Waals surface area contributed by atoms with Gasteiger partial charge >= 0.3 is 5.69 Å². The topological polar surface area (TPSA) is 99.4 Å². The number of fused-ring (bicyclic) bond motifs is 1. The number of ketones is 1. The summed E-state index contributed by atoms with van der Waals surface area (Å²) in [6.07, 6.45) is 4.56. The molecule has 2 aromatic carbocycles. The number of methoxy groups -OCH3 is 1. The molecule has 0 aliphatic heterocycles. The van der Waals surface area contributed by atoms with E-state index in [4.69, 9.17) is 16.3 Å². The first-order chi connectivity index (χ1) is 16.8. The maximum Gasteiger partial charge on any atom is 0.332 e. The average Bonchev–Trinajstić information content (AvgIpc) is 3.34. The molecule has 0 saturated heterocycles. The first-order valence-electron chi connectivity index (χ1n) is 11.7. The molecule has 1 N–H and O–H groups in total. The lowest BCUT2D eigenvalue weighted by Gasteiger charge is -2.16. The third-order valence-electron chi connectivity index (χ3n) is 6.51. The molecule has 8 nitrogen and oxygen atoms in total. The second-order valence-corrected chi connectivity index (χ2v) is 9.43. The van der Waals surface area contributed by atoms with E-state index in [2.05, 4.69) is 5.32 Å². The van der Waals surface area contributed by atoms with Crippen molar-refractivity contribution in [1.29, 1.82) is 0 Å². The standard InChI is InChI=1S/C26H28ClN3O5/c1-16-11-21(23(35-2)13-20(16)27)28-24(32)15-29-22-10-6-5-9-19(22)25(33)30(26(29)34)14-18(31)12-17-7-3-4-8-17/h5-6,9-11,13,17H,3-4,7-8,12,14-15H2,1-2H3,(H,28,32). The Morgan fingerprint density at radius 2 is 1.80 bits per heavy atom. The Kier molecular flexibility index (Phi) is 7.40. The summed E-state index contributed by atoms with van der Waals surface area (Å²) in [4.78, 5) is 52.1. The van der Waals surface area contributed by atoms with E-state index in [0.717, 1.165) is 35.8 Å². The fourth-order valence-electron chi connectivity index (χ4n) is 4.70. The Bertz CT molecular complexity index is 1400. The van der Waals surface area contributed by atoms with Crippen molar-refractivity contribution in [3.05, 3.63) is 67.8 Å². The van der Waals surface area contributed by atoms with Gasteiger partial charge in [-0.3, -0.25) is 23.5 Å². The third-order valence-corrected chi connectivity index (χ3v) is 6.92. The van der Waals surface area contributed by atoms with Crippen LogP contribution in [0, 0.1) is 12.8 Å². The van der Waals surface area contributed by atoms with Crippen LogP contribution in [0.3, 0.4) is 0 Å². The molecule has 1 saturated carbocycles.